The zero-order valence-electron chi connectivity index (χ0n) is 12.4. The van der Waals surface area contributed by atoms with Crippen molar-refractivity contribution in [1.82, 2.24) is 4.90 Å². The molecule has 0 saturated heterocycles. The molecule has 0 aliphatic heterocycles. The maximum Gasteiger partial charge on any atom is 0.414 e. The largest absolute Gasteiger partial charge is 0.443 e. The number of rotatable bonds is 4. The van der Waals surface area contributed by atoms with Crippen LogP contribution in [0.2, 0.25) is 0 Å². The lowest BCUT2D eigenvalue weighted by Gasteiger charge is -2.27. The van der Waals surface area contributed by atoms with Gasteiger partial charge in [0.15, 0.2) is 0 Å². The third kappa shape index (κ3) is 6.33. The van der Waals surface area contributed by atoms with E-state index in [1.165, 1.54) is 6.20 Å². The minimum absolute atomic E-state index is 0.327. The fourth-order valence-corrected chi connectivity index (χ4v) is 1.41. The molecule has 0 unspecified atom stereocenters. The van der Waals surface area contributed by atoms with Crippen LogP contribution in [0.1, 0.15) is 41.5 Å². The molecule has 0 rings (SSSR count). The van der Waals surface area contributed by atoms with Gasteiger partial charge in [0.1, 0.15) is 5.60 Å². The van der Waals surface area contributed by atoms with Crippen molar-refractivity contribution in [2.45, 2.75) is 47.1 Å². The van der Waals surface area contributed by atoms with Gasteiger partial charge >= 0.3 is 6.09 Å². The summed E-state index contributed by atoms with van der Waals surface area (Å²) >= 11 is 0. The van der Waals surface area contributed by atoms with Crippen molar-refractivity contribution < 1.29 is 9.53 Å². The molecule has 0 atom stereocenters. The van der Waals surface area contributed by atoms with Crippen molar-refractivity contribution >= 4 is 6.09 Å². The first-order valence-electron chi connectivity index (χ1n) is 6.31. The van der Waals surface area contributed by atoms with Gasteiger partial charge in [-0.1, -0.05) is 19.9 Å². The van der Waals surface area contributed by atoms with E-state index in [0.29, 0.717) is 12.5 Å². The lowest BCUT2D eigenvalue weighted by atomic mass is 10.1. The molecular formula is C14H26N2O2. The third-order valence-electron chi connectivity index (χ3n) is 2.01. The van der Waals surface area contributed by atoms with Gasteiger partial charge in [-0.05, 0) is 45.9 Å². The first-order chi connectivity index (χ1) is 8.21. The Balaban J connectivity index is 5.08. The smallest absolute Gasteiger partial charge is 0.414 e. The Morgan fingerprint density at radius 2 is 1.94 bits per heavy atom. The van der Waals surface area contributed by atoms with Gasteiger partial charge in [0, 0.05) is 12.2 Å². The number of allylic oxidation sites excluding steroid dienone is 2. The van der Waals surface area contributed by atoms with Gasteiger partial charge in [-0.3, -0.25) is 4.90 Å². The molecule has 0 heterocycles. The highest BCUT2D eigenvalue weighted by atomic mass is 16.6. The summed E-state index contributed by atoms with van der Waals surface area (Å²) in [6.07, 6.45) is 4.78. The molecule has 104 valence electrons. The SMILES string of the molecule is CCN(C(=O)OC(C)(C)C)C(/C=C\N)=C/C(C)C. The Hall–Kier alpha value is -1.45. The van der Waals surface area contributed by atoms with Crippen LogP contribution in [0.15, 0.2) is 24.0 Å². The molecule has 18 heavy (non-hydrogen) atoms. The lowest BCUT2D eigenvalue weighted by Crippen LogP contribution is -2.36. The molecule has 0 radical (unpaired) electrons. The van der Waals surface area contributed by atoms with Crippen LogP contribution in [0.25, 0.3) is 0 Å². The van der Waals surface area contributed by atoms with E-state index in [9.17, 15) is 4.79 Å². The summed E-state index contributed by atoms with van der Waals surface area (Å²) in [6.45, 7) is 12.1. The van der Waals surface area contributed by atoms with Gasteiger partial charge < -0.3 is 10.5 Å². The summed E-state index contributed by atoms with van der Waals surface area (Å²) in [6, 6.07) is 0. The van der Waals surface area contributed by atoms with Crippen LogP contribution in [0.3, 0.4) is 0 Å². The second-order valence-corrected chi connectivity index (χ2v) is 5.42. The lowest BCUT2D eigenvalue weighted by molar-refractivity contribution is 0.0327. The molecule has 1 amide bonds. The van der Waals surface area contributed by atoms with Crippen LogP contribution in [-0.2, 0) is 4.74 Å². The van der Waals surface area contributed by atoms with E-state index in [0.717, 1.165) is 5.70 Å². The first-order valence-corrected chi connectivity index (χ1v) is 6.31. The molecule has 0 saturated carbocycles. The Morgan fingerprint density at radius 3 is 2.28 bits per heavy atom. The molecule has 0 aliphatic rings. The number of carbonyl (C=O) groups excluding carboxylic acids is 1. The van der Waals surface area contributed by atoms with Gasteiger partial charge in [-0.25, -0.2) is 4.79 Å². The van der Waals surface area contributed by atoms with Crippen molar-refractivity contribution in [2.24, 2.45) is 11.7 Å². The van der Waals surface area contributed by atoms with E-state index in [2.05, 4.69) is 0 Å². The van der Waals surface area contributed by atoms with E-state index < -0.39 is 5.60 Å². The maximum absolute atomic E-state index is 12.1. The fraction of sp³-hybridized carbons (Fsp3) is 0.643. The standard InChI is InChI=1S/C14H26N2O2/c1-7-16(13(17)18-14(4,5)6)12(8-9-15)10-11(2)3/h8-11H,7,15H2,1-6H3/b9-8-,12-10+. The number of likely N-dealkylation sites (N-methyl/N-ethyl adjacent to an activating group) is 1. The monoisotopic (exact) mass is 254 g/mol. The fourth-order valence-electron chi connectivity index (χ4n) is 1.41. The van der Waals surface area contributed by atoms with Crippen LogP contribution >= 0.6 is 0 Å². The quantitative estimate of drug-likeness (QED) is 0.783. The highest BCUT2D eigenvalue weighted by Crippen LogP contribution is 2.16. The van der Waals surface area contributed by atoms with Crippen molar-refractivity contribution in [3.63, 3.8) is 0 Å². The van der Waals surface area contributed by atoms with Crippen LogP contribution in [0, 0.1) is 5.92 Å². The number of hydrogen-bond acceptors (Lipinski definition) is 3. The maximum atomic E-state index is 12.1. The number of ether oxygens (including phenoxy) is 1. The normalized spacial score (nSPS) is 13.2. The molecule has 0 bridgehead atoms. The second-order valence-electron chi connectivity index (χ2n) is 5.42. The van der Waals surface area contributed by atoms with Gasteiger partial charge in [-0.2, -0.15) is 0 Å². The highest BCUT2D eigenvalue weighted by Gasteiger charge is 2.22. The molecule has 0 aromatic heterocycles. The zero-order chi connectivity index (χ0) is 14.3. The summed E-state index contributed by atoms with van der Waals surface area (Å²) in [5.41, 5.74) is 5.69. The van der Waals surface area contributed by atoms with Gasteiger partial charge in [0.25, 0.3) is 0 Å². The van der Waals surface area contributed by atoms with Crippen molar-refractivity contribution in [3.8, 4) is 0 Å². The molecule has 0 aliphatic carbocycles. The average Bonchev–Trinajstić information content (AvgIpc) is 2.14. The Morgan fingerprint density at radius 1 is 1.39 bits per heavy atom. The van der Waals surface area contributed by atoms with Crippen molar-refractivity contribution in [3.05, 3.63) is 24.0 Å². The summed E-state index contributed by atoms with van der Waals surface area (Å²) < 4.78 is 5.37. The van der Waals surface area contributed by atoms with Crippen molar-refractivity contribution in [2.75, 3.05) is 6.54 Å². The first kappa shape index (κ1) is 16.6. The van der Waals surface area contributed by atoms with Gasteiger partial charge in [0.05, 0.1) is 0 Å². The van der Waals surface area contributed by atoms with Crippen LogP contribution in [0.5, 0.6) is 0 Å². The molecular weight excluding hydrogens is 228 g/mol. The number of nitrogens with two attached hydrogens (primary N) is 1. The number of nitrogens with zero attached hydrogens (tertiary/aromatic N) is 1. The van der Waals surface area contributed by atoms with E-state index >= 15 is 0 Å². The molecule has 0 aromatic carbocycles. The summed E-state index contributed by atoms with van der Waals surface area (Å²) in [4.78, 5) is 13.7. The molecule has 0 fully saturated rings. The van der Waals surface area contributed by atoms with Gasteiger partial charge in [0.2, 0.25) is 0 Å². The number of hydrogen-bond donors (Lipinski definition) is 1. The number of amides is 1. The topological polar surface area (TPSA) is 55.6 Å². The van der Waals surface area contributed by atoms with E-state index in [1.807, 2.05) is 47.6 Å². The van der Waals surface area contributed by atoms with E-state index in [-0.39, 0.29) is 6.09 Å². The van der Waals surface area contributed by atoms with Crippen LogP contribution in [-0.4, -0.2) is 23.1 Å². The molecule has 4 heteroatoms. The summed E-state index contributed by atoms with van der Waals surface area (Å²) in [5.74, 6) is 0.327. The minimum atomic E-state index is -0.500. The Labute approximate surface area is 110 Å². The van der Waals surface area contributed by atoms with E-state index in [1.54, 1.807) is 11.0 Å². The second kappa shape index (κ2) is 7.09. The van der Waals surface area contributed by atoms with Gasteiger partial charge in [-0.15, -0.1) is 0 Å². The Kier molecular flexibility index (Phi) is 6.52. The predicted octanol–water partition coefficient (Wildman–Crippen LogP) is 3.26. The van der Waals surface area contributed by atoms with Crippen LogP contribution in [0.4, 0.5) is 4.79 Å². The molecule has 0 aromatic rings. The number of carbonyl (C=O) groups is 1. The third-order valence-corrected chi connectivity index (χ3v) is 2.01. The van der Waals surface area contributed by atoms with E-state index in [4.69, 9.17) is 10.5 Å². The predicted molar refractivity (Wildman–Crippen MR) is 74.9 cm³/mol. The van der Waals surface area contributed by atoms with Crippen molar-refractivity contribution in [1.29, 1.82) is 0 Å². The molecule has 4 nitrogen and oxygen atoms in total. The molecule has 0 spiro atoms. The summed E-state index contributed by atoms with van der Waals surface area (Å²) in [7, 11) is 0. The summed E-state index contributed by atoms with van der Waals surface area (Å²) in [5, 5.41) is 0. The molecule has 2 N–H and O–H groups in total. The van der Waals surface area contributed by atoms with Crippen LogP contribution < -0.4 is 5.73 Å². The zero-order valence-corrected chi connectivity index (χ0v) is 12.4. The average molecular weight is 254 g/mol. The Bertz CT molecular complexity index is 325. The minimum Gasteiger partial charge on any atom is -0.443 e. The highest BCUT2D eigenvalue weighted by molar-refractivity contribution is 5.71.